The van der Waals surface area contributed by atoms with Gasteiger partial charge in [0.15, 0.2) is 11.5 Å². The fraction of sp³-hybridized carbons (Fsp3) is 0.412. The van der Waals surface area contributed by atoms with E-state index in [1.165, 1.54) is 11.1 Å². The van der Waals surface area contributed by atoms with Gasteiger partial charge in [-0.15, -0.1) is 0 Å². The van der Waals surface area contributed by atoms with Crippen LogP contribution in [0.25, 0.3) is 0 Å². The number of hydrogen-bond donors (Lipinski definition) is 0. The highest BCUT2D eigenvalue weighted by molar-refractivity contribution is 5.43. The molecule has 1 aromatic carbocycles. The standard InChI is InChI=1S/C17H19N3O2/c1-12-18-9-14-4-5-20(11-15(14)19-12)10-13-2-3-16-17(8-13)22-7-6-21-16/h2-3,8-9H,4-7,10-11H2,1H3. The highest BCUT2D eigenvalue weighted by atomic mass is 16.6. The van der Waals surface area contributed by atoms with Crippen LogP contribution in [-0.4, -0.2) is 34.6 Å². The van der Waals surface area contributed by atoms with Crippen molar-refractivity contribution in [1.82, 2.24) is 14.9 Å². The minimum atomic E-state index is 0.629. The van der Waals surface area contributed by atoms with Crippen LogP contribution < -0.4 is 9.47 Å². The SMILES string of the molecule is Cc1ncc2c(n1)CN(Cc1ccc3c(c1)OCCO3)CC2. The monoisotopic (exact) mass is 297 g/mol. The molecule has 22 heavy (non-hydrogen) atoms. The van der Waals surface area contributed by atoms with E-state index in [9.17, 15) is 0 Å². The van der Waals surface area contributed by atoms with Gasteiger partial charge in [-0.1, -0.05) is 6.07 Å². The first kappa shape index (κ1) is 13.5. The van der Waals surface area contributed by atoms with Crippen LogP contribution in [0.4, 0.5) is 0 Å². The van der Waals surface area contributed by atoms with Crippen molar-refractivity contribution < 1.29 is 9.47 Å². The van der Waals surface area contributed by atoms with Crippen molar-refractivity contribution in [3.63, 3.8) is 0 Å². The van der Waals surface area contributed by atoms with E-state index in [2.05, 4.69) is 27.0 Å². The normalized spacial score (nSPS) is 17.1. The summed E-state index contributed by atoms with van der Waals surface area (Å²) in [7, 11) is 0. The Morgan fingerprint density at radius 3 is 2.95 bits per heavy atom. The molecule has 0 unspecified atom stereocenters. The quantitative estimate of drug-likeness (QED) is 0.849. The van der Waals surface area contributed by atoms with Gasteiger partial charge in [0.05, 0.1) is 5.69 Å². The molecule has 0 N–H and O–H groups in total. The topological polar surface area (TPSA) is 47.5 Å². The van der Waals surface area contributed by atoms with Crippen molar-refractivity contribution in [2.24, 2.45) is 0 Å². The van der Waals surface area contributed by atoms with E-state index in [0.717, 1.165) is 49.1 Å². The molecule has 1 aromatic heterocycles. The number of aryl methyl sites for hydroxylation is 1. The summed E-state index contributed by atoms with van der Waals surface area (Å²) in [6.07, 6.45) is 2.99. The molecule has 114 valence electrons. The zero-order valence-corrected chi connectivity index (χ0v) is 12.7. The van der Waals surface area contributed by atoms with Crippen LogP contribution >= 0.6 is 0 Å². The highest BCUT2D eigenvalue weighted by Gasteiger charge is 2.19. The third-order valence-corrected chi connectivity index (χ3v) is 4.16. The number of benzene rings is 1. The molecule has 0 amide bonds. The second kappa shape index (κ2) is 5.57. The van der Waals surface area contributed by atoms with Crippen molar-refractivity contribution in [3.8, 4) is 11.5 Å². The predicted octanol–water partition coefficient (Wildman–Crippen LogP) is 2.11. The van der Waals surface area contributed by atoms with Crippen LogP contribution in [0, 0.1) is 6.92 Å². The summed E-state index contributed by atoms with van der Waals surface area (Å²) in [5, 5.41) is 0. The molecule has 2 aliphatic heterocycles. The van der Waals surface area contributed by atoms with Crippen LogP contribution in [0.3, 0.4) is 0 Å². The molecule has 2 aromatic rings. The van der Waals surface area contributed by atoms with Crippen LogP contribution in [0.15, 0.2) is 24.4 Å². The Morgan fingerprint density at radius 2 is 2.05 bits per heavy atom. The molecule has 2 aliphatic rings. The summed E-state index contributed by atoms with van der Waals surface area (Å²) in [4.78, 5) is 11.3. The number of fused-ring (bicyclic) bond motifs is 2. The molecule has 0 spiro atoms. The van der Waals surface area contributed by atoms with Crippen molar-refractivity contribution in [2.45, 2.75) is 26.4 Å². The van der Waals surface area contributed by atoms with E-state index < -0.39 is 0 Å². The van der Waals surface area contributed by atoms with Gasteiger partial charge in [-0.25, -0.2) is 9.97 Å². The first-order valence-corrected chi connectivity index (χ1v) is 7.70. The van der Waals surface area contributed by atoms with E-state index >= 15 is 0 Å². The Kier molecular flexibility index (Phi) is 3.42. The summed E-state index contributed by atoms with van der Waals surface area (Å²) >= 11 is 0. The van der Waals surface area contributed by atoms with Gasteiger partial charge in [-0.2, -0.15) is 0 Å². The zero-order chi connectivity index (χ0) is 14.9. The van der Waals surface area contributed by atoms with E-state index in [1.807, 2.05) is 19.2 Å². The largest absolute Gasteiger partial charge is 0.486 e. The van der Waals surface area contributed by atoms with E-state index in [0.29, 0.717) is 13.2 Å². The van der Waals surface area contributed by atoms with Crippen molar-refractivity contribution in [2.75, 3.05) is 19.8 Å². The third-order valence-electron chi connectivity index (χ3n) is 4.16. The molecule has 5 heteroatoms. The van der Waals surface area contributed by atoms with Crippen LogP contribution in [0.5, 0.6) is 11.5 Å². The smallest absolute Gasteiger partial charge is 0.161 e. The summed E-state index contributed by atoms with van der Waals surface area (Å²) in [6, 6.07) is 6.22. The van der Waals surface area contributed by atoms with Crippen LogP contribution in [0.1, 0.15) is 22.6 Å². The minimum Gasteiger partial charge on any atom is -0.486 e. The maximum absolute atomic E-state index is 5.66. The number of rotatable bonds is 2. The van der Waals surface area contributed by atoms with Gasteiger partial charge in [-0.3, -0.25) is 4.90 Å². The Balaban J connectivity index is 1.50. The minimum absolute atomic E-state index is 0.629. The van der Waals surface area contributed by atoms with Crippen LogP contribution in [-0.2, 0) is 19.5 Å². The summed E-state index contributed by atoms with van der Waals surface area (Å²) < 4.78 is 11.2. The molecule has 0 saturated heterocycles. The van der Waals surface area contributed by atoms with E-state index in [-0.39, 0.29) is 0 Å². The number of aromatic nitrogens is 2. The lowest BCUT2D eigenvalue weighted by atomic mass is 10.1. The lowest BCUT2D eigenvalue weighted by Crippen LogP contribution is -2.31. The summed E-state index contributed by atoms with van der Waals surface area (Å²) in [5.41, 5.74) is 3.69. The van der Waals surface area contributed by atoms with Crippen molar-refractivity contribution in [1.29, 1.82) is 0 Å². The summed E-state index contributed by atoms with van der Waals surface area (Å²) in [6.45, 7) is 6.03. The molecule has 4 rings (SSSR count). The molecule has 0 fully saturated rings. The number of nitrogens with zero attached hydrogens (tertiary/aromatic N) is 3. The maximum atomic E-state index is 5.66. The van der Waals surface area contributed by atoms with Gasteiger partial charge in [0.1, 0.15) is 19.0 Å². The average molecular weight is 297 g/mol. The van der Waals surface area contributed by atoms with Gasteiger partial charge >= 0.3 is 0 Å². The Labute approximate surface area is 129 Å². The van der Waals surface area contributed by atoms with Gasteiger partial charge in [0.2, 0.25) is 0 Å². The molecule has 5 nitrogen and oxygen atoms in total. The van der Waals surface area contributed by atoms with Crippen molar-refractivity contribution in [3.05, 3.63) is 47.0 Å². The molecule has 0 saturated carbocycles. The molecule has 0 atom stereocenters. The first-order chi connectivity index (χ1) is 10.8. The Morgan fingerprint density at radius 1 is 1.18 bits per heavy atom. The highest BCUT2D eigenvalue weighted by Crippen LogP contribution is 2.31. The van der Waals surface area contributed by atoms with Crippen LogP contribution in [0.2, 0.25) is 0 Å². The van der Waals surface area contributed by atoms with E-state index in [4.69, 9.17) is 9.47 Å². The number of hydrogen-bond acceptors (Lipinski definition) is 5. The molecular formula is C17H19N3O2. The molecule has 3 heterocycles. The fourth-order valence-corrected chi connectivity index (χ4v) is 3.04. The lowest BCUT2D eigenvalue weighted by Gasteiger charge is -2.28. The Bertz CT molecular complexity index is 702. The molecule has 0 aliphatic carbocycles. The predicted molar refractivity (Wildman–Crippen MR) is 82.0 cm³/mol. The zero-order valence-electron chi connectivity index (χ0n) is 12.7. The summed E-state index contributed by atoms with van der Waals surface area (Å²) in [5.74, 6) is 2.56. The van der Waals surface area contributed by atoms with Gasteiger partial charge in [-0.05, 0) is 36.6 Å². The second-order valence-electron chi connectivity index (χ2n) is 5.83. The molecular weight excluding hydrogens is 278 g/mol. The average Bonchev–Trinajstić information content (AvgIpc) is 2.54. The number of ether oxygens (including phenoxy) is 2. The third kappa shape index (κ3) is 2.64. The molecule has 0 bridgehead atoms. The fourth-order valence-electron chi connectivity index (χ4n) is 3.04. The van der Waals surface area contributed by atoms with E-state index in [1.54, 1.807) is 0 Å². The molecule has 0 radical (unpaired) electrons. The second-order valence-corrected chi connectivity index (χ2v) is 5.83. The van der Waals surface area contributed by atoms with Gasteiger partial charge < -0.3 is 9.47 Å². The van der Waals surface area contributed by atoms with Gasteiger partial charge in [0, 0.05) is 25.8 Å². The van der Waals surface area contributed by atoms with Gasteiger partial charge in [0.25, 0.3) is 0 Å². The van der Waals surface area contributed by atoms with Crippen molar-refractivity contribution >= 4 is 0 Å². The lowest BCUT2D eigenvalue weighted by molar-refractivity contribution is 0.171. The first-order valence-electron chi connectivity index (χ1n) is 7.70. The maximum Gasteiger partial charge on any atom is 0.161 e. The Hall–Kier alpha value is -2.14.